The lowest BCUT2D eigenvalue weighted by Crippen LogP contribution is -2.47. The first-order valence-electron chi connectivity index (χ1n) is 4.15. The van der Waals surface area contributed by atoms with Gasteiger partial charge in [-0.25, -0.2) is 0 Å². The van der Waals surface area contributed by atoms with Crippen molar-refractivity contribution >= 4 is 11.8 Å². The number of aliphatic hydroxyl groups excluding tert-OH is 1. The fourth-order valence-electron chi connectivity index (χ4n) is 0.784. The molecule has 5 nitrogen and oxygen atoms in total. The molecular weight excluding hydrogens is 172 g/mol. The molecule has 0 heterocycles. The molecule has 0 rings (SSSR count). The second kappa shape index (κ2) is 5.53. The number of amides is 2. The summed E-state index contributed by atoms with van der Waals surface area (Å²) in [6, 6.07) is -0.852. The molecule has 0 aromatic rings. The van der Waals surface area contributed by atoms with Gasteiger partial charge in [-0.2, -0.15) is 0 Å². The standard InChI is InChI=1S/C8H16N2O3/c1-5(4-11)9-8(13)6(2)10-7(3)12/h5-6,11H,4H2,1-3H3,(H,9,13)(H,10,12). The fraction of sp³-hybridized carbons (Fsp3) is 0.750. The number of hydrogen-bond donors (Lipinski definition) is 3. The zero-order chi connectivity index (χ0) is 10.4. The SMILES string of the molecule is CC(=O)NC(C)C(=O)NC(C)CO. The molecule has 0 aromatic heterocycles. The molecule has 0 bridgehead atoms. The molecule has 76 valence electrons. The van der Waals surface area contributed by atoms with Gasteiger partial charge in [0.15, 0.2) is 0 Å². The van der Waals surface area contributed by atoms with Crippen LogP contribution in [0.25, 0.3) is 0 Å². The summed E-state index contributed by atoms with van der Waals surface area (Å²) >= 11 is 0. The highest BCUT2D eigenvalue weighted by molar-refractivity contribution is 5.86. The zero-order valence-corrected chi connectivity index (χ0v) is 8.13. The average molecular weight is 188 g/mol. The maximum Gasteiger partial charge on any atom is 0.242 e. The predicted octanol–water partition coefficient (Wildman–Crippen LogP) is -0.992. The van der Waals surface area contributed by atoms with Gasteiger partial charge in [0.2, 0.25) is 11.8 Å². The summed E-state index contributed by atoms with van der Waals surface area (Å²) in [4.78, 5) is 21.8. The quantitative estimate of drug-likeness (QED) is 0.530. The number of rotatable bonds is 4. The van der Waals surface area contributed by atoms with Gasteiger partial charge in [0.05, 0.1) is 6.61 Å². The molecule has 13 heavy (non-hydrogen) atoms. The van der Waals surface area contributed by atoms with Gasteiger partial charge in [0.25, 0.3) is 0 Å². The van der Waals surface area contributed by atoms with Crippen molar-refractivity contribution in [3.8, 4) is 0 Å². The Morgan fingerprint density at radius 2 is 1.85 bits per heavy atom. The van der Waals surface area contributed by atoms with E-state index in [1.54, 1.807) is 13.8 Å². The van der Waals surface area contributed by atoms with E-state index in [0.29, 0.717) is 0 Å². The minimum atomic E-state index is -0.563. The molecule has 2 amide bonds. The van der Waals surface area contributed by atoms with Crippen LogP contribution in [0.3, 0.4) is 0 Å². The molecule has 0 aliphatic rings. The van der Waals surface area contributed by atoms with Crippen LogP contribution in [0.2, 0.25) is 0 Å². The molecule has 0 radical (unpaired) electrons. The van der Waals surface area contributed by atoms with Crippen LogP contribution in [-0.4, -0.2) is 35.6 Å². The van der Waals surface area contributed by atoms with Crippen molar-refractivity contribution in [1.82, 2.24) is 10.6 Å². The van der Waals surface area contributed by atoms with Crippen molar-refractivity contribution in [3.05, 3.63) is 0 Å². The van der Waals surface area contributed by atoms with Gasteiger partial charge in [-0.05, 0) is 13.8 Å². The minimum Gasteiger partial charge on any atom is -0.394 e. The summed E-state index contributed by atoms with van der Waals surface area (Å²) in [6.45, 7) is 4.50. The van der Waals surface area contributed by atoms with Crippen LogP contribution in [0.1, 0.15) is 20.8 Å². The maximum absolute atomic E-state index is 11.2. The molecule has 0 spiro atoms. The summed E-state index contributed by atoms with van der Waals surface area (Å²) in [5.41, 5.74) is 0. The van der Waals surface area contributed by atoms with Gasteiger partial charge in [-0.3, -0.25) is 9.59 Å². The van der Waals surface area contributed by atoms with Crippen LogP contribution >= 0.6 is 0 Å². The smallest absolute Gasteiger partial charge is 0.242 e. The third-order valence-corrected chi connectivity index (χ3v) is 1.48. The lowest BCUT2D eigenvalue weighted by molar-refractivity contribution is -0.128. The van der Waals surface area contributed by atoms with E-state index in [4.69, 9.17) is 5.11 Å². The highest BCUT2D eigenvalue weighted by atomic mass is 16.3. The lowest BCUT2D eigenvalue weighted by atomic mass is 10.2. The van der Waals surface area contributed by atoms with E-state index < -0.39 is 6.04 Å². The summed E-state index contributed by atoms with van der Waals surface area (Å²) in [6.07, 6.45) is 0. The van der Waals surface area contributed by atoms with E-state index in [0.717, 1.165) is 0 Å². The highest BCUT2D eigenvalue weighted by Crippen LogP contribution is 1.85. The van der Waals surface area contributed by atoms with E-state index in [1.807, 2.05) is 0 Å². The molecule has 5 heteroatoms. The monoisotopic (exact) mass is 188 g/mol. The Hall–Kier alpha value is -1.10. The van der Waals surface area contributed by atoms with E-state index in [1.165, 1.54) is 6.92 Å². The van der Waals surface area contributed by atoms with Gasteiger partial charge < -0.3 is 15.7 Å². The summed E-state index contributed by atoms with van der Waals surface area (Å²) in [5, 5.41) is 13.6. The van der Waals surface area contributed by atoms with Crippen LogP contribution in [0.15, 0.2) is 0 Å². The van der Waals surface area contributed by atoms with Crippen molar-refractivity contribution < 1.29 is 14.7 Å². The molecule has 0 aliphatic heterocycles. The normalized spacial score (nSPS) is 14.5. The minimum absolute atomic E-state index is 0.113. The topological polar surface area (TPSA) is 78.4 Å². The van der Waals surface area contributed by atoms with Crippen molar-refractivity contribution in [2.24, 2.45) is 0 Å². The van der Waals surface area contributed by atoms with Gasteiger partial charge in [0, 0.05) is 13.0 Å². The molecule has 2 atom stereocenters. The summed E-state index contributed by atoms with van der Waals surface area (Å²) in [5.74, 6) is -0.545. The average Bonchev–Trinajstić information content (AvgIpc) is 2.02. The highest BCUT2D eigenvalue weighted by Gasteiger charge is 2.14. The summed E-state index contributed by atoms with van der Waals surface area (Å²) < 4.78 is 0. The van der Waals surface area contributed by atoms with Gasteiger partial charge >= 0.3 is 0 Å². The Morgan fingerprint density at radius 3 is 2.23 bits per heavy atom. The molecular formula is C8H16N2O3. The van der Waals surface area contributed by atoms with Crippen molar-refractivity contribution in [3.63, 3.8) is 0 Å². The molecule has 0 aromatic carbocycles. The Labute approximate surface area is 77.5 Å². The predicted molar refractivity (Wildman–Crippen MR) is 48.0 cm³/mol. The van der Waals surface area contributed by atoms with E-state index >= 15 is 0 Å². The third-order valence-electron chi connectivity index (χ3n) is 1.48. The van der Waals surface area contributed by atoms with Crippen LogP contribution in [0.5, 0.6) is 0 Å². The Morgan fingerprint density at radius 1 is 1.31 bits per heavy atom. The van der Waals surface area contributed by atoms with Crippen LogP contribution in [-0.2, 0) is 9.59 Å². The second-order valence-electron chi connectivity index (χ2n) is 3.01. The fourth-order valence-corrected chi connectivity index (χ4v) is 0.784. The van der Waals surface area contributed by atoms with Gasteiger partial charge in [0.1, 0.15) is 6.04 Å². The van der Waals surface area contributed by atoms with E-state index in [-0.39, 0.29) is 24.5 Å². The maximum atomic E-state index is 11.2. The largest absolute Gasteiger partial charge is 0.394 e. The number of aliphatic hydroxyl groups is 1. The number of carbonyl (C=O) groups excluding carboxylic acids is 2. The molecule has 3 N–H and O–H groups in total. The van der Waals surface area contributed by atoms with Crippen LogP contribution < -0.4 is 10.6 Å². The zero-order valence-electron chi connectivity index (χ0n) is 8.13. The number of hydrogen-bond acceptors (Lipinski definition) is 3. The van der Waals surface area contributed by atoms with Crippen molar-refractivity contribution in [2.75, 3.05) is 6.61 Å². The number of nitrogens with one attached hydrogen (secondary N) is 2. The molecule has 2 unspecified atom stereocenters. The molecule has 0 aliphatic carbocycles. The first-order chi connectivity index (χ1) is 5.97. The third kappa shape index (κ3) is 5.19. The number of carbonyl (C=O) groups is 2. The van der Waals surface area contributed by atoms with E-state index in [9.17, 15) is 9.59 Å². The Balaban J connectivity index is 3.89. The van der Waals surface area contributed by atoms with E-state index in [2.05, 4.69) is 10.6 Å². The van der Waals surface area contributed by atoms with Gasteiger partial charge in [-0.1, -0.05) is 0 Å². The summed E-state index contributed by atoms with van der Waals surface area (Å²) in [7, 11) is 0. The molecule has 0 fully saturated rings. The first-order valence-corrected chi connectivity index (χ1v) is 4.15. The van der Waals surface area contributed by atoms with Gasteiger partial charge in [-0.15, -0.1) is 0 Å². The second-order valence-corrected chi connectivity index (χ2v) is 3.01. The van der Waals surface area contributed by atoms with Crippen LogP contribution in [0, 0.1) is 0 Å². The Bertz CT molecular complexity index is 194. The molecule has 0 saturated carbocycles. The lowest BCUT2D eigenvalue weighted by Gasteiger charge is -2.15. The van der Waals surface area contributed by atoms with Crippen molar-refractivity contribution in [2.45, 2.75) is 32.9 Å². The molecule has 0 saturated heterocycles. The van der Waals surface area contributed by atoms with Crippen molar-refractivity contribution in [1.29, 1.82) is 0 Å². The van der Waals surface area contributed by atoms with Crippen LogP contribution in [0.4, 0.5) is 0 Å². The first kappa shape index (κ1) is 11.9. The Kier molecular flexibility index (Phi) is 5.06.